The van der Waals surface area contributed by atoms with E-state index >= 15 is 0 Å². The Morgan fingerprint density at radius 2 is 1.25 bits per heavy atom. The minimum absolute atomic E-state index is 0. The Kier molecular flexibility index (Phi) is 368. The molecule has 0 saturated heterocycles. The molecule has 0 bridgehead atoms. The molecular formula is H8BGeOSi. The maximum atomic E-state index is 7.75. The summed E-state index contributed by atoms with van der Waals surface area (Å²) in [5.74, 6) is 0. The molecular weight excluding hydrogens is 128 g/mol. The zero-order valence-corrected chi connectivity index (χ0v) is 0.986. The zero-order valence-electron chi connectivity index (χ0n) is 0.986. The van der Waals surface area contributed by atoms with Gasteiger partial charge in [0.25, 0.3) is 0 Å². The van der Waals surface area contributed by atoms with Crippen LogP contribution in [0, 0.1) is 0 Å². The van der Waals surface area contributed by atoms with E-state index in [1.807, 2.05) is 0 Å². The van der Waals surface area contributed by atoms with Crippen molar-refractivity contribution < 1.29 is 4.70 Å². The molecule has 0 aliphatic carbocycles. The van der Waals surface area contributed by atoms with E-state index < -0.39 is 0 Å². The standard InChI is InChI=1S/BO.GeH4.H4Si/c1-2;;/h;2*1H4. The molecule has 4 heteroatoms. The van der Waals surface area contributed by atoms with Crippen LogP contribution < -0.4 is 0 Å². The summed E-state index contributed by atoms with van der Waals surface area (Å²) in [5, 5.41) is 0. The van der Waals surface area contributed by atoms with E-state index in [9.17, 15) is 0 Å². The van der Waals surface area contributed by atoms with E-state index in [1.165, 1.54) is 0 Å². The van der Waals surface area contributed by atoms with Gasteiger partial charge in [0.2, 0.25) is 0 Å². The van der Waals surface area contributed by atoms with Gasteiger partial charge in [0.1, 0.15) is 0 Å². The molecule has 0 amide bonds. The van der Waals surface area contributed by atoms with Gasteiger partial charge in [0.15, 0.2) is 0 Å². The van der Waals surface area contributed by atoms with Gasteiger partial charge < -0.3 is 0 Å². The topological polar surface area (TPSA) is 17.1 Å². The third kappa shape index (κ3) is 17.8. The number of hydrogen-bond donors (Lipinski definition) is 0. The van der Waals surface area contributed by atoms with E-state index in [4.69, 9.17) is 4.70 Å². The largest absolute Gasteiger partial charge is 0.0149 e. The van der Waals surface area contributed by atoms with Crippen molar-refractivity contribution in [2.45, 2.75) is 0 Å². The van der Waals surface area contributed by atoms with Crippen LogP contribution in [0.15, 0.2) is 0 Å². The van der Waals surface area contributed by atoms with E-state index in [-0.39, 0.29) is 28.6 Å². The summed E-state index contributed by atoms with van der Waals surface area (Å²) in [6.07, 6.45) is 0. The molecule has 0 aromatic carbocycles. The van der Waals surface area contributed by atoms with Crippen LogP contribution in [0.5, 0.6) is 0 Å². The molecule has 0 aliphatic heterocycles. The molecule has 0 heterocycles. The quantitative estimate of drug-likeness (QED) is 0.317. The van der Waals surface area contributed by atoms with Crippen LogP contribution in [-0.2, 0) is 4.70 Å². The summed E-state index contributed by atoms with van der Waals surface area (Å²) in [4.78, 5) is 0. The molecule has 0 rings (SSSR count). The van der Waals surface area contributed by atoms with Crippen LogP contribution in [0.3, 0.4) is 0 Å². The Morgan fingerprint density at radius 1 is 1.25 bits per heavy atom. The van der Waals surface area contributed by atoms with Gasteiger partial charge in [0, 0.05) is 0 Å². The Hall–Kier alpha value is 0.625. The monoisotopic (exact) mass is 137 g/mol. The summed E-state index contributed by atoms with van der Waals surface area (Å²) >= 11 is 0. The Balaban J connectivity index is -0.00000000500. The first-order valence-corrected chi connectivity index (χ1v) is 0.236. The van der Waals surface area contributed by atoms with Crippen molar-refractivity contribution in [3.8, 4) is 0 Å². The first kappa shape index (κ1) is 23.0. The fraction of sp³-hybridized carbons (Fsp3) is 0. The van der Waals surface area contributed by atoms with Crippen molar-refractivity contribution in [2.24, 2.45) is 0 Å². The maximum absolute atomic E-state index is 7.75. The zero-order chi connectivity index (χ0) is 2.00. The van der Waals surface area contributed by atoms with E-state index in [0.717, 1.165) is 0 Å². The van der Waals surface area contributed by atoms with Gasteiger partial charge in [0.05, 0.1) is 0 Å². The summed E-state index contributed by atoms with van der Waals surface area (Å²) in [5.41, 5.74) is 0. The molecule has 0 fully saturated rings. The smallest absolute Gasteiger partial charge is 0.0149 e. The predicted octanol–water partition coefficient (Wildman–Crippen LogP) is -3.40. The van der Waals surface area contributed by atoms with Crippen molar-refractivity contribution in [3.05, 3.63) is 0 Å². The molecule has 0 aliphatic rings. The van der Waals surface area contributed by atoms with Crippen LogP contribution in [0.25, 0.3) is 0 Å². The first-order chi connectivity index (χ1) is 1.00. The average molecular weight is 136 g/mol. The summed E-state index contributed by atoms with van der Waals surface area (Å²) in [6, 6.07) is 0. The molecule has 1 radical (unpaired) electrons. The molecule has 0 atom stereocenters. The Labute approximate surface area is 41.6 Å². The number of rotatable bonds is 0. The second-order valence-electron chi connectivity index (χ2n) is 0. The second kappa shape index (κ2) is 64.0. The van der Waals surface area contributed by atoms with Crippen LogP contribution >= 0.6 is 0 Å². The van der Waals surface area contributed by atoms with E-state index in [2.05, 4.69) is 7.72 Å². The van der Waals surface area contributed by atoms with Crippen molar-refractivity contribution >= 4 is 36.3 Å². The first-order valence-electron chi connectivity index (χ1n) is 0.236. The van der Waals surface area contributed by atoms with Gasteiger partial charge in [-0.3, -0.25) is 0 Å². The maximum Gasteiger partial charge on any atom is -0.0149 e. The summed E-state index contributed by atoms with van der Waals surface area (Å²) in [7, 11) is 3.25. The molecule has 0 aromatic rings. The second-order valence-corrected chi connectivity index (χ2v) is 0. The molecule has 1 nitrogen and oxygen atoms in total. The van der Waals surface area contributed by atoms with Gasteiger partial charge >= 0.3 is 30.0 Å². The van der Waals surface area contributed by atoms with Gasteiger partial charge in [-0.1, -0.05) is 0 Å². The van der Waals surface area contributed by atoms with Crippen molar-refractivity contribution in [2.75, 3.05) is 0 Å². The van der Waals surface area contributed by atoms with Crippen molar-refractivity contribution in [1.29, 1.82) is 0 Å². The molecule has 0 spiro atoms. The molecule has 0 N–H and O–H groups in total. The van der Waals surface area contributed by atoms with Gasteiger partial charge in [-0.05, 0) is 11.0 Å². The minimum atomic E-state index is 0. The normalized spacial score (nSPS) is 0.750. The van der Waals surface area contributed by atoms with Gasteiger partial charge in [-0.15, -0.1) is 0 Å². The fourth-order valence-electron chi connectivity index (χ4n) is 0. The molecule has 0 unspecified atom stereocenters. The SMILES string of the molecule is [B]=O.[GeH4].[SiH4]. The molecule has 0 saturated carbocycles. The van der Waals surface area contributed by atoms with E-state index in [1.54, 1.807) is 0 Å². The van der Waals surface area contributed by atoms with Gasteiger partial charge in [-0.2, -0.15) is 0 Å². The van der Waals surface area contributed by atoms with Crippen LogP contribution in [0.4, 0.5) is 0 Å². The minimum Gasteiger partial charge on any atom is -0.0149 e. The summed E-state index contributed by atoms with van der Waals surface area (Å²) in [6.45, 7) is 0. The Bertz CT molecular complexity index is 8.00. The van der Waals surface area contributed by atoms with Crippen molar-refractivity contribution in [1.82, 2.24) is 0 Å². The predicted molar refractivity (Wildman–Crippen MR) is 29.1 cm³/mol. The Morgan fingerprint density at radius 3 is 1.25 bits per heavy atom. The van der Waals surface area contributed by atoms with Crippen LogP contribution in [-0.4, -0.2) is 36.3 Å². The van der Waals surface area contributed by atoms with Crippen molar-refractivity contribution in [3.63, 3.8) is 0 Å². The average Bonchev–Trinajstić information content (AvgIpc) is 1.00. The fourth-order valence-corrected chi connectivity index (χ4v) is 0. The summed E-state index contributed by atoms with van der Waals surface area (Å²) < 4.78 is 7.75. The molecule has 4 heavy (non-hydrogen) atoms. The third-order valence-corrected chi connectivity index (χ3v) is 0. The molecule has 0 aromatic heterocycles. The molecule has 25 valence electrons. The van der Waals surface area contributed by atoms with Crippen LogP contribution in [0.1, 0.15) is 0 Å². The third-order valence-electron chi connectivity index (χ3n) is 0. The van der Waals surface area contributed by atoms with Crippen LogP contribution in [0.2, 0.25) is 0 Å². The number of hydrogen-bond acceptors (Lipinski definition) is 1. The van der Waals surface area contributed by atoms with E-state index in [0.29, 0.717) is 0 Å². The van der Waals surface area contributed by atoms with Gasteiger partial charge in [-0.25, -0.2) is 0 Å².